The number of pyridine rings is 1. The molecule has 10 heteroatoms. The Kier molecular flexibility index (Phi) is 7.94. The molecule has 5 rings (SSSR count). The van der Waals surface area contributed by atoms with Gasteiger partial charge in [0.1, 0.15) is 12.4 Å². The SMILES string of the molecule is CCOC(=O)c1c(Nc2ccc(OCCN3CCN(C)CC3)cc2C)oc(C=C2C=Nc3ncccc32)c1O. The van der Waals surface area contributed by atoms with Gasteiger partial charge in [-0.2, -0.15) is 0 Å². The fourth-order valence-corrected chi connectivity index (χ4v) is 4.55. The molecule has 3 aromatic rings. The van der Waals surface area contributed by atoms with Crippen molar-refractivity contribution in [1.29, 1.82) is 0 Å². The fraction of sp³-hybridized carbons (Fsp3) is 0.345. The summed E-state index contributed by atoms with van der Waals surface area (Å²) in [5, 5.41) is 14.1. The third-order valence-corrected chi connectivity index (χ3v) is 6.82. The molecule has 0 atom stereocenters. The molecule has 2 N–H and O–H groups in total. The van der Waals surface area contributed by atoms with Crippen molar-refractivity contribution in [2.24, 2.45) is 4.99 Å². The Morgan fingerprint density at radius 2 is 2.05 bits per heavy atom. The number of likely N-dealkylation sites (N-methyl/N-ethyl adjacent to an activating group) is 1. The molecule has 2 aromatic heterocycles. The van der Waals surface area contributed by atoms with Crippen molar-refractivity contribution >= 4 is 41.2 Å². The van der Waals surface area contributed by atoms with Crippen LogP contribution >= 0.6 is 0 Å². The first-order chi connectivity index (χ1) is 18.9. The van der Waals surface area contributed by atoms with Crippen molar-refractivity contribution in [2.45, 2.75) is 13.8 Å². The van der Waals surface area contributed by atoms with E-state index in [1.165, 1.54) is 0 Å². The zero-order valence-electron chi connectivity index (χ0n) is 22.4. The van der Waals surface area contributed by atoms with E-state index in [4.69, 9.17) is 13.9 Å². The second-order valence-electron chi connectivity index (χ2n) is 9.57. The highest BCUT2D eigenvalue weighted by Crippen LogP contribution is 2.40. The first-order valence-electron chi connectivity index (χ1n) is 13.1. The Morgan fingerprint density at radius 1 is 1.23 bits per heavy atom. The van der Waals surface area contributed by atoms with Gasteiger partial charge >= 0.3 is 5.97 Å². The van der Waals surface area contributed by atoms with Gasteiger partial charge in [-0.1, -0.05) is 0 Å². The molecule has 2 aliphatic heterocycles. The van der Waals surface area contributed by atoms with Gasteiger partial charge in [0, 0.05) is 62.0 Å². The number of aliphatic imine (C=N–C) groups is 1. The smallest absolute Gasteiger partial charge is 0.347 e. The summed E-state index contributed by atoms with van der Waals surface area (Å²) in [6.07, 6.45) is 4.93. The molecular weight excluding hydrogens is 498 g/mol. The maximum absolute atomic E-state index is 12.8. The number of nitrogens with zero attached hydrogens (tertiary/aromatic N) is 4. The number of hydrogen-bond donors (Lipinski definition) is 2. The highest BCUT2D eigenvalue weighted by molar-refractivity contribution is 6.21. The molecule has 1 saturated heterocycles. The molecule has 204 valence electrons. The fourth-order valence-electron chi connectivity index (χ4n) is 4.55. The Labute approximate surface area is 227 Å². The molecular formula is C29H33N5O5. The highest BCUT2D eigenvalue weighted by Gasteiger charge is 2.27. The number of piperazine rings is 1. The molecule has 0 unspecified atom stereocenters. The van der Waals surface area contributed by atoms with E-state index in [0.717, 1.165) is 49.6 Å². The minimum Gasteiger partial charge on any atom is -0.504 e. The summed E-state index contributed by atoms with van der Waals surface area (Å²) in [5.74, 6) is 0.551. The van der Waals surface area contributed by atoms with E-state index in [9.17, 15) is 9.90 Å². The van der Waals surface area contributed by atoms with Crippen molar-refractivity contribution in [3.8, 4) is 11.5 Å². The molecule has 2 aliphatic rings. The van der Waals surface area contributed by atoms with Crippen LogP contribution in [0.2, 0.25) is 0 Å². The minimum absolute atomic E-state index is 0.0723. The van der Waals surface area contributed by atoms with Gasteiger partial charge in [0.25, 0.3) is 0 Å². The summed E-state index contributed by atoms with van der Waals surface area (Å²) >= 11 is 0. The van der Waals surface area contributed by atoms with Gasteiger partial charge in [-0.25, -0.2) is 14.8 Å². The third-order valence-electron chi connectivity index (χ3n) is 6.82. The van der Waals surface area contributed by atoms with Crippen LogP contribution in [0.15, 0.2) is 45.9 Å². The van der Waals surface area contributed by atoms with Gasteiger partial charge in [-0.3, -0.25) is 4.90 Å². The van der Waals surface area contributed by atoms with E-state index in [-0.39, 0.29) is 29.6 Å². The summed E-state index contributed by atoms with van der Waals surface area (Å²) in [4.78, 5) is 26.0. The highest BCUT2D eigenvalue weighted by atomic mass is 16.5. The van der Waals surface area contributed by atoms with Gasteiger partial charge in [-0.05, 0) is 62.9 Å². The second-order valence-corrected chi connectivity index (χ2v) is 9.57. The number of aryl methyl sites for hydroxylation is 1. The standard InChI is InChI=1S/C29H33N5O5/c1-4-37-29(36)25-26(35)24(17-20-18-31-27-22(20)6-5-9-30-27)39-28(25)32-23-8-7-21(16-19(23)2)38-15-14-34-12-10-33(3)11-13-34/h5-9,16-18,32,35H,4,10-15H2,1-3H3. The van der Waals surface area contributed by atoms with Gasteiger partial charge in [0.05, 0.1) is 6.61 Å². The number of hydrogen-bond acceptors (Lipinski definition) is 10. The van der Waals surface area contributed by atoms with Crippen molar-refractivity contribution < 1.29 is 23.8 Å². The Bertz CT molecular complexity index is 1410. The molecule has 10 nitrogen and oxygen atoms in total. The number of ether oxygens (including phenoxy) is 2. The van der Waals surface area contributed by atoms with Crippen molar-refractivity contribution in [1.82, 2.24) is 14.8 Å². The van der Waals surface area contributed by atoms with Crippen molar-refractivity contribution in [3.63, 3.8) is 0 Å². The molecule has 0 spiro atoms. The number of rotatable bonds is 9. The molecule has 1 fully saturated rings. The van der Waals surface area contributed by atoms with Crippen LogP contribution < -0.4 is 10.1 Å². The summed E-state index contributed by atoms with van der Waals surface area (Å²) in [7, 11) is 2.14. The van der Waals surface area contributed by atoms with Gasteiger partial charge in [0.2, 0.25) is 5.88 Å². The second kappa shape index (κ2) is 11.7. The Balaban J connectivity index is 1.33. The van der Waals surface area contributed by atoms with Gasteiger partial charge in [-0.15, -0.1) is 0 Å². The van der Waals surface area contributed by atoms with Crippen LogP contribution in [0.4, 0.5) is 17.4 Å². The van der Waals surface area contributed by atoms with E-state index in [0.29, 0.717) is 23.7 Å². The van der Waals surface area contributed by atoms with E-state index in [1.807, 2.05) is 37.3 Å². The molecule has 0 bridgehead atoms. The van der Waals surface area contributed by atoms with Crippen LogP contribution in [0, 0.1) is 6.92 Å². The summed E-state index contributed by atoms with van der Waals surface area (Å²) in [6, 6.07) is 9.35. The average Bonchev–Trinajstić information content (AvgIpc) is 3.47. The minimum atomic E-state index is -0.686. The predicted octanol–water partition coefficient (Wildman–Crippen LogP) is 4.49. The number of carbonyl (C=O) groups excluding carboxylic acids is 1. The molecule has 4 heterocycles. The zero-order valence-corrected chi connectivity index (χ0v) is 22.4. The van der Waals surface area contributed by atoms with Crippen LogP contribution in [0.25, 0.3) is 11.6 Å². The lowest BCUT2D eigenvalue weighted by Gasteiger charge is -2.32. The number of anilines is 2. The number of benzene rings is 1. The van der Waals surface area contributed by atoms with Crippen LogP contribution in [-0.2, 0) is 4.74 Å². The largest absolute Gasteiger partial charge is 0.504 e. The predicted molar refractivity (Wildman–Crippen MR) is 150 cm³/mol. The van der Waals surface area contributed by atoms with Crippen molar-refractivity contribution in [2.75, 3.05) is 58.3 Å². The van der Waals surface area contributed by atoms with Crippen LogP contribution in [-0.4, -0.2) is 85.1 Å². The number of fused-ring (bicyclic) bond motifs is 1. The maximum atomic E-state index is 12.8. The topological polar surface area (TPSA) is 113 Å². The van der Waals surface area contributed by atoms with Crippen LogP contribution in [0.5, 0.6) is 11.5 Å². The molecule has 0 amide bonds. The number of furan rings is 1. The lowest BCUT2D eigenvalue weighted by atomic mass is 10.1. The summed E-state index contributed by atoms with van der Waals surface area (Å²) in [6.45, 7) is 9.54. The normalized spacial score (nSPS) is 16.4. The van der Waals surface area contributed by atoms with Crippen LogP contribution in [0.3, 0.4) is 0 Å². The van der Waals surface area contributed by atoms with E-state index in [2.05, 4.69) is 32.1 Å². The van der Waals surface area contributed by atoms with E-state index >= 15 is 0 Å². The third kappa shape index (κ3) is 5.97. The van der Waals surface area contributed by atoms with Gasteiger partial charge in [0.15, 0.2) is 22.9 Å². The van der Waals surface area contributed by atoms with E-state index in [1.54, 1.807) is 25.4 Å². The quantitative estimate of drug-likeness (QED) is 0.386. The maximum Gasteiger partial charge on any atom is 0.347 e. The summed E-state index contributed by atoms with van der Waals surface area (Å²) < 4.78 is 17.1. The number of nitrogens with one attached hydrogen (secondary N) is 1. The lowest BCUT2D eigenvalue weighted by Crippen LogP contribution is -2.45. The molecule has 39 heavy (non-hydrogen) atoms. The number of aromatic hydroxyl groups is 1. The van der Waals surface area contributed by atoms with Crippen molar-refractivity contribution in [3.05, 3.63) is 59.0 Å². The molecule has 0 aliphatic carbocycles. The van der Waals surface area contributed by atoms with Crippen LogP contribution in [0.1, 0.15) is 34.2 Å². The first-order valence-corrected chi connectivity index (χ1v) is 13.1. The average molecular weight is 532 g/mol. The number of allylic oxidation sites excluding steroid dienone is 1. The number of carbonyl (C=O) groups is 1. The van der Waals surface area contributed by atoms with Gasteiger partial charge < -0.3 is 29.2 Å². The molecule has 1 aromatic carbocycles. The first kappa shape index (κ1) is 26.5. The lowest BCUT2D eigenvalue weighted by molar-refractivity contribution is 0.0524. The Morgan fingerprint density at radius 3 is 2.82 bits per heavy atom. The molecule has 0 saturated carbocycles. The zero-order chi connectivity index (χ0) is 27.4. The molecule has 0 radical (unpaired) electrons. The van der Waals surface area contributed by atoms with E-state index < -0.39 is 5.97 Å². The number of esters is 1. The monoisotopic (exact) mass is 531 g/mol. The number of aromatic nitrogens is 1. The Hall–Kier alpha value is -4.15. The summed E-state index contributed by atoms with van der Waals surface area (Å²) in [5.41, 5.74) is 3.03.